The molecular formula is C15H15N3O3S. The molecule has 1 aliphatic heterocycles. The second-order valence-corrected chi connectivity index (χ2v) is 5.76. The summed E-state index contributed by atoms with van der Waals surface area (Å²) in [7, 11) is 0. The number of aromatic nitrogens is 1. The Morgan fingerprint density at radius 1 is 1.41 bits per heavy atom. The quantitative estimate of drug-likeness (QED) is 0.928. The standard InChI is InChI=1S/C15H15N3O3S/c19-13-10-21-9-12(14(20)17-15-16-6-7-22-15)18(13)8-11-4-2-1-3-5-11/h1-7,12H,8-10H2,(H,16,17,20)/t12-/m1/s1. The molecular weight excluding hydrogens is 302 g/mol. The van der Waals surface area contributed by atoms with E-state index >= 15 is 0 Å². The van der Waals surface area contributed by atoms with Gasteiger partial charge in [-0.25, -0.2) is 4.98 Å². The summed E-state index contributed by atoms with van der Waals surface area (Å²) in [5.74, 6) is -0.465. The van der Waals surface area contributed by atoms with E-state index in [1.165, 1.54) is 11.3 Å². The topological polar surface area (TPSA) is 71.5 Å². The monoisotopic (exact) mass is 317 g/mol. The summed E-state index contributed by atoms with van der Waals surface area (Å²) in [6.45, 7) is 0.586. The van der Waals surface area contributed by atoms with Gasteiger partial charge >= 0.3 is 0 Å². The molecule has 1 aliphatic rings. The molecule has 114 valence electrons. The van der Waals surface area contributed by atoms with Crippen LogP contribution in [0, 0.1) is 0 Å². The molecule has 0 saturated carbocycles. The first-order chi connectivity index (χ1) is 10.7. The number of hydrogen-bond donors (Lipinski definition) is 1. The van der Waals surface area contributed by atoms with Crippen molar-refractivity contribution in [2.45, 2.75) is 12.6 Å². The smallest absolute Gasteiger partial charge is 0.251 e. The van der Waals surface area contributed by atoms with Gasteiger partial charge in [-0.1, -0.05) is 30.3 Å². The Morgan fingerprint density at radius 3 is 2.95 bits per heavy atom. The zero-order valence-corrected chi connectivity index (χ0v) is 12.6. The molecule has 0 aliphatic carbocycles. The second-order valence-electron chi connectivity index (χ2n) is 4.86. The van der Waals surface area contributed by atoms with E-state index in [9.17, 15) is 9.59 Å². The van der Waals surface area contributed by atoms with Crippen LogP contribution in [0.2, 0.25) is 0 Å². The van der Waals surface area contributed by atoms with Crippen LogP contribution in [0.1, 0.15) is 5.56 Å². The summed E-state index contributed by atoms with van der Waals surface area (Å²) in [6.07, 6.45) is 1.62. The molecule has 2 heterocycles. The zero-order valence-electron chi connectivity index (χ0n) is 11.8. The minimum Gasteiger partial charge on any atom is -0.369 e. The lowest BCUT2D eigenvalue weighted by molar-refractivity contribution is -0.154. The van der Waals surface area contributed by atoms with Crippen LogP contribution >= 0.6 is 11.3 Å². The first kappa shape index (κ1) is 14.7. The Hall–Kier alpha value is -2.25. The van der Waals surface area contributed by atoms with E-state index in [1.54, 1.807) is 16.5 Å². The summed E-state index contributed by atoms with van der Waals surface area (Å²) in [5.41, 5.74) is 0.977. The third kappa shape index (κ3) is 3.32. The number of amides is 2. The summed E-state index contributed by atoms with van der Waals surface area (Å²) in [5, 5.41) is 5.02. The molecule has 1 N–H and O–H groups in total. The lowest BCUT2D eigenvalue weighted by Crippen LogP contribution is -2.54. The van der Waals surface area contributed by atoms with Gasteiger partial charge in [-0.2, -0.15) is 0 Å². The maximum Gasteiger partial charge on any atom is 0.251 e. The van der Waals surface area contributed by atoms with Crippen LogP contribution in [-0.2, 0) is 20.9 Å². The van der Waals surface area contributed by atoms with Gasteiger partial charge in [0.15, 0.2) is 5.13 Å². The van der Waals surface area contributed by atoms with Crippen molar-refractivity contribution in [1.29, 1.82) is 0 Å². The number of benzene rings is 1. The number of nitrogens with zero attached hydrogens (tertiary/aromatic N) is 2. The molecule has 6 nitrogen and oxygen atoms in total. The molecule has 2 amide bonds. The molecule has 2 aromatic rings. The van der Waals surface area contributed by atoms with E-state index in [0.29, 0.717) is 11.7 Å². The lowest BCUT2D eigenvalue weighted by Gasteiger charge is -2.34. The first-order valence-corrected chi connectivity index (χ1v) is 7.73. The minimum atomic E-state index is -0.648. The maximum absolute atomic E-state index is 12.4. The molecule has 3 rings (SSSR count). The number of rotatable bonds is 4. The molecule has 1 saturated heterocycles. The van der Waals surface area contributed by atoms with Crippen LogP contribution in [0.3, 0.4) is 0 Å². The predicted molar refractivity (Wildman–Crippen MR) is 82.3 cm³/mol. The normalized spacial score (nSPS) is 18.3. The summed E-state index contributed by atoms with van der Waals surface area (Å²) in [4.78, 5) is 30.1. The SMILES string of the molecule is O=C(Nc1nccs1)[C@H]1COCC(=O)N1Cc1ccccc1. The number of carbonyl (C=O) groups is 2. The van der Waals surface area contributed by atoms with E-state index in [4.69, 9.17) is 4.74 Å². The average molecular weight is 317 g/mol. The van der Waals surface area contributed by atoms with Crippen molar-refractivity contribution in [3.63, 3.8) is 0 Å². The van der Waals surface area contributed by atoms with Crippen LogP contribution in [0.4, 0.5) is 5.13 Å². The molecule has 0 bridgehead atoms. The van der Waals surface area contributed by atoms with E-state index in [-0.39, 0.29) is 25.0 Å². The van der Waals surface area contributed by atoms with Gasteiger partial charge in [0, 0.05) is 18.1 Å². The molecule has 1 aromatic carbocycles. The highest BCUT2D eigenvalue weighted by atomic mass is 32.1. The summed E-state index contributed by atoms with van der Waals surface area (Å²) >= 11 is 1.33. The fraction of sp³-hybridized carbons (Fsp3) is 0.267. The number of ether oxygens (including phenoxy) is 1. The minimum absolute atomic E-state index is 0.00780. The van der Waals surface area contributed by atoms with Crippen LogP contribution in [-0.4, -0.2) is 41.0 Å². The Bertz CT molecular complexity index is 645. The fourth-order valence-electron chi connectivity index (χ4n) is 2.27. The van der Waals surface area contributed by atoms with Gasteiger partial charge in [-0.05, 0) is 5.56 Å². The molecule has 1 aromatic heterocycles. The Balaban J connectivity index is 1.74. The van der Waals surface area contributed by atoms with E-state index in [2.05, 4.69) is 10.3 Å². The van der Waals surface area contributed by atoms with Crippen molar-refractivity contribution in [2.75, 3.05) is 18.5 Å². The number of carbonyl (C=O) groups excluding carboxylic acids is 2. The molecule has 1 fully saturated rings. The van der Waals surface area contributed by atoms with Gasteiger partial charge in [0.25, 0.3) is 5.91 Å². The molecule has 22 heavy (non-hydrogen) atoms. The van der Waals surface area contributed by atoms with E-state index in [0.717, 1.165) is 5.56 Å². The van der Waals surface area contributed by atoms with E-state index < -0.39 is 6.04 Å². The predicted octanol–water partition coefficient (Wildman–Crippen LogP) is 1.51. The van der Waals surface area contributed by atoms with Gasteiger partial charge < -0.3 is 15.0 Å². The van der Waals surface area contributed by atoms with Crippen molar-refractivity contribution in [3.8, 4) is 0 Å². The fourth-order valence-corrected chi connectivity index (χ4v) is 2.81. The Labute approximate surface area is 131 Å². The highest BCUT2D eigenvalue weighted by Gasteiger charge is 2.34. The van der Waals surface area contributed by atoms with Crippen molar-refractivity contribution in [3.05, 3.63) is 47.5 Å². The average Bonchev–Trinajstić information content (AvgIpc) is 3.03. The van der Waals surface area contributed by atoms with Crippen molar-refractivity contribution >= 4 is 28.3 Å². The third-order valence-corrected chi connectivity index (χ3v) is 4.05. The molecule has 0 unspecified atom stereocenters. The number of anilines is 1. The van der Waals surface area contributed by atoms with Gasteiger partial charge in [0.2, 0.25) is 5.91 Å². The van der Waals surface area contributed by atoms with Gasteiger partial charge in [0.05, 0.1) is 6.61 Å². The largest absolute Gasteiger partial charge is 0.369 e. The van der Waals surface area contributed by atoms with E-state index in [1.807, 2.05) is 30.3 Å². The van der Waals surface area contributed by atoms with Crippen molar-refractivity contribution in [2.24, 2.45) is 0 Å². The van der Waals surface area contributed by atoms with Crippen LogP contribution < -0.4 is 5.32 Å². The van der Waals surface area contributed by atoms with Crippen LogP contribution in [0.5, 0.6) is 0 Å². The van der Waals surface area contributed by atoms with Gasteiger partial charge in [-0.3, -0.25) is 9.59 Å². The Kier molecular flexibility index (Phi) is 4.45. The maximum atomic E-state index is 12.4. The first-order valence-electron chi connectivity index (χ1n) is 6.85. The Morgan fingerprint density at radius 2 is 2.23 bits per heavy atom. The summed E-state index contributed by atoms with van der Waals surface area (Å²) < 4.78 is 5.23. The molecule has 7 heteroatoms. The highest BCUT2D eigenvalue weighted by molar-refractivity contribution is 7.13. The highest BCUT2D eigenvalue weighted by Crippen LogP contribution is 2.17. The third-order valence-electron chi connectivity index (χ3n) is 3.36. The zero-order chi connectivity index (χ0) is 15.4. The molecule has 0 radical (unpaired) electrons. The number of nitrogens with one attached hydrogen (secondary N) is 1. The van der Waals surface area contributed by atoms with Gasteiger partial charge in [0.1, 0.15) is 12.6 Å². The van der Waals surface area contributed by atoms with Crippen LogP contribution in [0.25, 0.3) is 0 Å². The summed E-state index contributed by atoms with van der Waals surface area (Å²) in [6, 6.07) is 8.94. The second kappa shape index (κ2) is 6.67. The van der Waals surface area contributed by atoms with Crippen molar-refractivity contribution < 1.29 is 14.3 Å². The lowest BCUT2D eigenvalue weighted by atomic mass is 10.1. The number of thiazole rings is 1. The number of hydrogen-bond acceptors (Lipinski definition) is 5. The molecule has 0 spiro atoms. The molecule has 1 atom stereocenters. The van der Waals surface area contributed by atoms with Crippen molar-refractivity contribution in [1.82, 2.24) is 9.88 Å². The van der Waals surface area contributed by atoms with Crippen LogP contribution in [0.15, 0.2) is 41.9 Å². The van der Waals surface area contributed by atoms with Gasteiger partial charge in [-0.15, -0.1) is 11.3 Å². The number of morpholine rings is 1.